The predicted octanol–water partition coefficient (Wildman–Crippen LogP) is 1.46. The zero-order chi connectivity index (χ0) is 12.0. The lowest BCUT2D eigenvalue weighted by atomic mass is 10.1. The smallest absolute Gasteiger partial charge is 0.317 e. The molecule has 16 heavy (non-hydrogen) atoms. The quantitative estimate of drug-likeness (QED) is 0.737. The summed E-state index contributed by atoms with van der Waals surface area (Å²) in [7, 11) is 0. The summed E-state index contributed by atoms with van der Waals surface area (Å²) in [5.74, 6) is -0.830. The largest absolute Gasteiger partial charge is 0.480 e. The van der Waals surface area contributed by atoms with E-state index >= 15 is 0 Å². The van der Waals surface area contributed by atoms with Gasteiger partial charge in [0.25, 0.3) is 0 Å². The highest BCUT2D eigenvalue weighted by molar-refractivity contribution is 5.69. The Morgan fingerprint density at radius 1 is 1.69 bits per heavy atom. The van der Waals surface area contributed by atoms with Gasteiger partial charge in [-0.2, -0.15) is 0 Å². The molecule has 0 spiro atoms. The van der Waals surface area contributed by atoms with Crippen LogP contribution >= 0.6 is 0 Å². The number of hydrogen-bond donors (Lipinski definition) is 1. The monoisotopic (exact) mass is 220 g/mol. The second-order valence-electron chi connectivity index (χ2n) is 3.65. The third kappa shape index (κ3) is 3.82. The zero-order valence-electron chi connectivity index (χ0n) is 9.39. The first-order valence-electron chi connectivity index (χ1n) is 5.08. The molecule has 1 aromatic heterocycles. The van der Waals surface area contributed by atoms with Crippen molar-refractivity contribution in [2.45, 2.75) is 13.5 Å². The van der Waals surface area contributed by atoms with E-state index < -0.39 is 5.97 Å². The fourth-order valence-electron chi connectivity index (χ4n) is 1.46. The van der Waals surface area contributed by atoms with E-state index in [0.29, 0.717) is 13.1 Å². The van der Waals surface area contributed by atoms with Crippen molar-refractivity contribution < 1.29 is 9.90 Å². The average molecular weight is 220 g/mol. The first-order valence-corrected chi connectivity index (χ1v) is 5.08. The van der Waals surface area contributed by atoms with Gasteiger partial charge in [0.15, 0.2) is 0 Å². The number of hydrogen-bond acceptors (Lipinski definition) is 3. The average Bonchev–Trinajstić information content (AvgIpc) is 2.21. The van der Waals surface area contributed by atoms with Gasteiger partial charge in [-0.3, -0.25) is 14.7 Å². The minimum Gasteiger partial charge on any atom is -0.480 e. The maximum absolute atomic E-state index is 10.7. The molecule has 1 aromatic rings. The Kier molecular flexibility index (Phi) is 4.66. The van der Waals surface area contributed by atoms with Gasteiger partial charge in [0.05, 0.1) is 6.54 Å². The van der Waals surface area contributed by atoms with Crippen LogP contribution in [0.1, 0.15) is 11.1 Å². The van der Waals surface area contributed by atoms with Crippen molar-refractivity contribution in [3.05, 3.63) is 42.2 Å². The number of aliphatic carboxylic acids is 1. The molecule has 0 radical (unpaired) electrons. The van der Waals surface area contributed by atoms with E-state index in [1.165, 1.54) is 0 Å². The molecule has 0 unspecified atom stereocenters. The number of carboxylic acids is 1. The standard InChI is InChI=1S/C12H16N2O2/c1-3-6-14(9-12(15)16)8-11-7-13-5-4-10(11)2/h3-5,7H,1,6,8-9H2,2H3,(H,15,16). The van der Waals surface area contributed by atoms with Crippen LogP contribution in [0.2, 0.25) is 0 Å². The van der Waals surface area contributed by atoms with Crippen LogP contribution in [0.4, 0.5) is 0 Å². The van der Waals surface area contributed by atoms with E-state index in [1.807, 2.05) is 13.0 Å². The molecule has 0 fully saturated rings. The van der Waals surface area contributed by atoms with Crippen molar-refractivity contribution in [3.8, 4) is 0 Å². The summed E-state index contributed by atoms with van der Waals surface area (Å²) in [5, 5.41) is 8.77. The lowest BCUT2D eigenvalue weighted by Gasteiger charge is -2.19. The highest BCUT2D eigenvalue weighted by Crippen LogP contribution is 2.08. The third-order valence-corrected chi connectivity index (χ3v) is 2.29. The van der Waals surface area contributed by atoms with Crippen molar-refractivity contribution in [1.82, 2.24) is 9.88 Å². The number of pyridine rings is 1. The molecule has 86 valence electrons. The third-order valence-electron chi connectivity index (χ3n) is 2.29. The first-order chi connectivity index (χ1) is 7.63. The topological polar surface area (TPSA) is 53.4 Å². The summed E-state index contributed by atoms with van der Waals surface area (Å²) in [4.78, 5) is 16.5. The molecule has 0 saturated heterocycles. The van der Waals surface area contributed by atoms with Gasteiger partial charge in [-0.1, -0.05) is 6.08 Å². The maximum atomic E-state index is 10.7. The summed E-state index contributed by atoms with van der Waals surface area (Å²) < 4.78 is 0. The molecule has 0 bridgehead atoms. The van der Waals surface area contributed by atoms with Gasteiger partial charge in [0, 0.05) is 25.5 Å². The molecule has 1 N–H and O–H groups in total. The van der Waals surface area contributed by atoms with Crippen LogP contribution in [0.15, 0.2) is 31.1 Å². The molecule has 4 nitrogen and oxygen atoms in total. The molecular weight excluding hydrogens is 204 g/mol. The number of aryl methyl sites for hydroxylation is 1. The number of carbonyl (C=O) groups is 1. The SMILES string of the molecule is C=CCN(CC(=O)O)Cc1cnccc1C. The Hall–Kier alpha value is -1.68. The normalized spacial score (nSPS) is 10.4. The van der Waals surface area contributed by atoms with E-state index in [4.69, 9.17) is 5.11 Å². The Balaban J connectivity index is 2.71. The number of carboxylic acid groups (broad SMARTS) is 1. The summed E-state index contributed by atoms with van der Waals surface area (Å²) in [6.07, 6.45) is 5.20. The minimum absolute atomic E-state index is 0.0142. The molecule has 0 aromatic carbocycles. The van der Waals surface area contributed by atoms with Crippen molar-refractivity contribution in [2.24, 2.45) is 0 Å². The van der Waals surface area contributed by atoms with Gasteiger partial charge in [-0.05, 0) is 24.1 Å². The fourth-order valence-corrected chi connectivity index (χ4v) is 1.46. The predicted molar refractivity (Wildman–Crippen MR) is 62.1 cm³/mol. The Morgan fingerprint density at radius 2 is 2.44 bits per heavy atom. The van der Waals surface area contributed by atoms with Crippen LogP contribution in [-0.2, 0) is 11.3 Å². The Bertz CT molecular complexity index is 377. The summed E-state index contributed by atoms with van der Waals surface area (Å²) >= 11 is 0. The van der Waals surface area contributed by atoms with E-state index in [2.05, 4.69) is 11.6 Å². The van der Waals surface area contributed by atoms with E-state index in [0.717, 1.165) is 11.1 Å². The van der Waals surface area contributed by atoms with Crippen molar-refractivity contribution in [1.29, 1.82) is 0 Å². The second-order valence-corrected chi connectivity index (χ2v) is 3.65. The minimum atomic E-state index is -0.830. The Morgan fingerprint density at radius 3 is 3.00 bits per heavy atom. The fraction of sp³-hybridized carbons (Fsp3) is 0.333. The van der Waals surface area contributed by atoms with Gasteiger partial charge < -0.3 is 5.11 Å². The van der Waals surface area contributed by atoms with Crippen LogP contribution in [-0.4, -0.2) is 34.0 Å². The van der Waals surface area contributed by atoms with Crippen LogP contribution in [0.3, 0.4) is 0 Å². The maximum Gasteiger partial charge on any atom is 0.317 e. The molecule has 0 saturated carbocycles. The molecule has 0 aliphatic rings. The van der Waals surface area contributed by atoms with E-state index in [1.54, 1.807) is 23.4 Å². The Labute approximate surface area is 95.2 Å². The molecule has 0 aliphatic carbocycles. The highest BCUT2D eigenvalue weighted by Gasteiger charge is 2.09. The summed E-state index contributed by atoms with van der Waals surface area (Å²) in [5.41, 5.74) is 2.17. The number of nitrogens with zero attached hydrogens (tertiary/aromatic N) is 2. The van der Waals surface area contributed by atoms with Gasteiger partial charge in [0.2, 0.25) is 0 Å². The van der Waals surface area contributed by atoms with Crippen LogP contribution in [0.25, 0.3) is 0 Å². The van der Waals surface area contributed by atoms with Gasteiger partial charge in [-0.25, -0.2) is 0 Å². The van der Waals surface area contributed by atoms with E-state index in [-0.39, 0.29) is 6.54 Å². The van der Waals surface area contributed by atoms with Crippen molar-refractivity contribution >= 4 is 5.97 Å². The zero-order valence-corrected chi connectivity index (χ0v) is 9.39. The van der Waals surface area contributed by atoms with Crippen LogP contribution in [0.5, 0.6) is 0 Å². The lowest BCUT2D eigenvalue weighted by molar-refractivity contribution is -0.138. The molecule has 0 amide bonds. The highest BCUT2D eigenvalue weighted by atomic mass is 16.4. The summed E-state index contributed by atoms with van der Waals surface area (Å²) in [6, 6.07) is 1.92. The van der Waals surface area contributed by atoms with Crippen molar-refractivity contribution in [3.63, 3.8) is 0 Å². The molecule has 0 atom stereocenters. The van der Waals surface area contributed by atoms with Crippen LogP contribution < -0.4 is 0 Å². The second kappa shape index (κ2) is 6.02. The first kappa shape index (κ1) is 12.4. The van der Waals surface area contributed by atoms with Gasteiger partial charge in [-0.15, -0.1) is 6.58 Å². The van der Waals surface area contributed by atoms with Gasteiger partial charge in [0.1, 0.15) is 0 Å². The molecule has 1 rings (SSSR count). The number of rotatable bonds is 6. The summed E-state index contributed by atoms with van der Waals surface area (Å²) in [6.45, 7) is 6.76. The van der Waals surface area contributed by atoms with Gasteiger partial charge >= 0.3 is 5.97 Å². The van der Waals surface area contributed by atoms with Crippen molar-refractivity contribution in [2.75, 3.05) is 13.1 Å². The van der Waals surface area contributed by atoms with Crippen LogP contribution in [0, 0.1) is 6.92 Å². The van der Waals surface area contributed by atoms with E-state index in [9.17, 15) is 4.79 Å². The molecule has 1 heterocycles. The lowest BCUT2D eigenvalue weighted by Crippen LogP contribution is -2.29. The molecular formula is C12H16N2O2. The number of aromatic nitrogens is 1. The molecule has 0 aliphatic heterocycles. The molecule has 4 heteroatoms.